The van der Waals surface area contributed by atoms with Crippen LogP contribution in [0.15, 0.2) is 29.6 Å². The number of benzene rings is 1. The minimum atomic E-state index is -0.277. The fourth-order valence-electron chi connectivity index (χ4n) is 2.65. The van der Waals surface area contributed by atoms with Crippen LogP contribution >= 0.6 is 11.3 Å². The van der Waals surface area contributed by atoms with E-state index >= 15 is 0 Å². The molecule has 0 saturated heterocycles. The number of fused-ring (bicyclic) bond motifs is 2. The molecule has 1 aliphatic rings. The van der Waals surface area contributed by atoms with Gasteiger partial charge in [0.2, 0.25) is 0 Å². The van der Waals surface area contributed by atoms with E-state index in [4.69, 9.17) is 0 Å². The van der Waals surface area contributed by atoms with Gasteiger partial charge in [0.1, 0.15) is 11.3 Å². The van der Waals surface area contributed by atoms with E-state index in [-0.39, 0.29) is 11.9 Å². The Kier molecular flexibility index (Phi) is 2.43. The third-order valence-electron chi connectivity index (χ3n) is 3.55. The van der Waals surface area contributed by atoms with Gasteiger partial charge in [-0.15, -0.1) is 11.3 Å². The summed E-state index contributed by atoms with van der Waals surface area (Å²) >= 11 is 1.78. The Morgan fingerprint density at radius 2 is 2.26 bits per heavy atom. The van der Waals surface area contributed by atoms with Gasteiger partial charge >= 0.3 is 0 Å². The second kappa shape index (κ2) is 4.15. The van der Waals surface area contributed by atoms with Crippen molar-refractivity contribution in [1.29, 1.82) is 0 Å². The van der Waals surface area contributed by atoms with E-state index in [1.54, 1.807) is 17.4 Å². The third-order valence-corrected chi connectivity index (χ3v) is 4.54. The van der Waals surface area contributed by atoms with Gasteiger partial charge < -0.3 is 10.3 Å². The normalized spacial score (nSPS) is 18.7. The summed E-state index contributed by atoms with van der Waals surface area (Å²) in [6, 6.07) is 7.16. The van der Waals surface area contributed by atoms with Gasteiger partial charge in [-0.3, -0.25) is 0 Å². The molecule has 0 saturated carbocycles. The Morgan fingerprint density at radius 1 is 1.32 bits per heavy atom. The number of imidazole rings is 1. The number of nitrogens with zero attached hydrogens (tertiary/aromatic N) is 1. The van der Waals surface area contributed by atoms with E-state index in [9.17, 15) is 4.39 Å². The smallest absolute Gasteiger partial charge is 0.151 e. The average molecular weight is 273 g/mol. The van der Waals surface area contributed by atoms with Gasteiger partial charge in [0.15, 0.2) is 5.82 Å². The quantitative estimate of drug-likeness (QED) is 0.715. The first-order chi connectivity index (χ1) is 9.33. The second-order valence-corrected chi connectivity index (χ2v) is 5.69. The number of hydrogen-bond acceptors (Lipinski definition) is 3. The molecule has 4 rings (SSSR count). The molecule has 3 nitrogen and oxygen atoms in total. The Bertz CT molecular complexity index is 746. The number of halogens is 1. The molecule has 3 heterocycles. The maximum Gasteiger partial charge on any atom is 0.151 e. The van der Waals surface area contributed by atoms with Crippen LogP contribution in [0.4, 0.5) is 4.39 Å². The van der Waals surface area contributed by atoms with Crippen LogP contribution in [-0.2, 0) is 6.42 Å². The number of rotatable bonds is 1. The zero-order valence-electron chi connectivity index (χ0n) is 10.1. The molecular formula is C14H12FN3S. The van der Waals surface area contributed by atoms with Crippen molar-refractivity contribution in [3.8, 4) is 0 Å². The molecule has 1 aromatic carbocycles. The summed E-state index contributed by atoms with van der Waals surface area (Å²) < 4.78 is 13.7. The molecule has 1 atom stereocenters. The van der Waals surface area contributed by atoms with Crippen molar-refractivity contribution < 1.29 is 4.39 Å². The monoisotopic (exact) mass is 273 g/mol. The molecule has 96 valence electrons. The van der Waals surface area contributed by atoms with E-state index in [1.807, 2.05) is 6.07 Å². The van der Waals surface area contributed by atoms with E-state index in [0.29, 0.717) is 5.52 Å². The summed E-state index contributed by atoms with van der Waals surface area (Å²) in [6.07, 6.45) is 1.05. The molecular weight excluding hydrogens is 261 g/mol. The molecule has 1 unspecified atom stereocenters. The lowest BCUT2D eigenvalue weighted by Crippen LogP contribution is -2.30. The molecule has 0 amide bonds. The van der Waals surface area contributed by atoms with Crippen LogP contribution in [-0.4, -0.2) is 16.5 Å². The summed E-state index contributed by atoms with van der Waals surface area (Å²) in [5.41, 5.74) is 2.43. The van der Waals surface area contributed by atoms with Gasteiger partial charge in [-0.05, 0) is 35.6 Å². The number of hydrogen-bond donors (Lipinski definition) is 2. The fraction of sp³-hybridized carbons (Fsp3) is 0.214. The molecule has 5 heteroatoms. The largest absolute Gasteiger partial charge is 0.340 e. The van der Waals surface area contributed by atoms with Crippen LogP contribution in [0, 0.1) is 5.82 Å². The van der Waals surface area contributed by atoms with Crippen LogP contribution in [0.3, 0.4) is 0 Å². The molecule has 0 spiro atoms. The van der Waals surface area contributed by atoms with Crippen LogP contribution in [0.2, 0.25) is 0 Å². The van der Waals surface area contributed by atoms with Crippen LogP contribution < -0.4 is 5.32 Å². The van der Waals surface area contributed by atoms with Crippen LogP contribution in [0.25, 0.3) is 11.0 Å². The van der Waals surface area contributed by atoms with Gasteiger partial charge in [0.25, 0.3) is 0 Å². The van der Waals surface area contributed by atoms with Gasteiger partial charge in [0.05, 0.1) is 11.6 Å². The molecule has 3 aromatic rings. The highest BCUT2D eigenvalue weighted by atomic mass is 32.1. The van der Waals surface area contributed by atoms with Crippen molar-refractivity contribution in [1.82, 2.24) is 15.3 Å². The summed E-state index contributed by atoms with van der Waals surface area (Å²) in [4.78, 5) is 9.05. The SMILES string of the molecule is Fc1cccc2[nH]c(C3NCCc4sccc43)nc12. The highest BCUT2D eigenvalue weighted by Gasteiger charge is 2.25. The molecule has 2 aromatic heterocycles. The van der Waals surface area contributed by atoms with E-state index in [1.165, 1.54) is 16.5 Å². The average Bonchev–Trinajstić information content (AvgIpc) is 3.05. The molecule has 0 radical (unpaired) electrons. The standard InChI is InChI=1S/C14H12FN3S/c15-9-2-1-3-10-13(9)18-14(17-10)12-8-5-7-19-11(8)4-6-16-12/h1-3,5,7,12,16H,4,6H2,(H,17,18). The number of aromatic amines is 1. The lowest BCUT2D eigenvalue weighted by Gasteiger charge is -2.22. The van der Waals surface area contributed by atoms with E-state index < -0.39 is 0 Å². The number of para-hydroxylation sites is 1. The zero-order chi connectivity index (χ0) is 12.8. The molecule has 0 bridgehead atoms. The van der Waals surface area contributed by atoms with Gasteiger partial charge in [0, 0.05) is 11.4 Å². The molecule has 2 N–H and O–H groups in total. The minimum Gasteiger partial charge on any atom is -0.340 e. The molecule has 19 heavy (non-hydrogen) atoms. The van der Waals surface area contributed by atoms with Crippen molar-refractivity contribution in [2.24, 2.45) is 0 Å². The van der Waals surface area contributed by atoms with Crippen LogP contribution in [0.5, 0.6) is 0 Å². The zero-order valence-corrected chi connectivity index (χ0v) is 10.9. The Morgan fingerprint density at radius 3 is 3.16 bits per heavy atom. The minimum absolute atomic E-state index is 0.0433. The topological polar surface area (TPSA) is 40.7 Å². The number of thiophene rings is 1. The van der Waals surface area contributed by atoms with E-state index in [2.05, 4.69) is 26.7 Å². The maximum atomic E-state index is 13.7. The maximum absolute atomic E-state index is 13.7. The van der Waals surface area contributed by atoms with Crippen molar-refractivity contribution in [3.63, 3.8) is 0 Å². The van der Waals surface area contributed by atoms with Crippen molar-refractivity contribution in [3.05, 3.63) is 51.7 Å². The first kappa shape index (κ1) is 11.1. The van der Waals surface area contributed by atoms with Gasteiger partial charge in [-0.1, -0.05) is 6.07 Å². The summed E-state index contributed by atoms with van der Waals surface area (Å²) in [5.74, 6) is 0.515. The fourth-order valence-corrected chi connectivity index (χ4v) is 3.57. The van der Waals surface area contributed by atoms with Gasteiger partial charge in [-0.25, -0.2) is 9.37 Å². The number of nitrogens with one attached hydrogen (secondary N) is 2. The third kappa shape index (κ3) is 1.69. The van der Waals surface area contributed by atoms with E-state index in [0.717, 1.165) is 24.3 Å². The lowest BCUT2D eigenvalue weighted by molar-refractivity contribution is 0.554. The molecule has 1 aliphatic heterocycles. The van der Waals surface area contributed by atoms with Crippen LogP contribution in [0.1, 0.15) is 22.3 Å². The van der Waals surface area contributed by atoms with Crippen molar-refractivity contribution in [2.75, 3.05) is 6.54 Å². The van der Waals surface area contributed by atoms with Crippen molar-refractivity contribution in [2.45, 2.75) is 12.5 Å². The predicted molar refractivity (Wildman–Crippen MR) is 73.9 cm³/mol. The van der Waals surface area contributed by atoms with Gasteiger partial charge in [-0.2, -0.15) is 0 Å². The number of H-pyrrole nitrogens is 1. The molecule has 0 aliphatic carbocycles. The highest BCUT2D eigenvalue weighted by Crippen LogP contribution is 2.31. The Balaban J connectivity index is 1.86. The summed E-state index contributed by atoms with van der Waals surface area (Å²) in [6.45, 7) is 0.928. The predicted octanol–water partition coefficient (Wildman–Crippen LogP) is 3.00. The lowest BCUT2D eigenvalue weighted by atomic mass is 10.0. The van der Waals surface area contributed by atoms with Crippen molar-refractivity contribution >= 4 is 22.4 Å². The number of aromatic nitrogens is 2. The molecule has 0 fully saturated rings. The highest BCUT2D eigenvalue weighted by molar-refractivity contribution is 7.10. The first-order valence-electron chi connectivity index (χ1n) is 6.27. The first-order valence-corrected chi connectivity index (χ1v) is 7.14. The second-order valence-electron chi connectivity index (χ2n) is 4.69. The summed E-state index contributed by atoms with van der Waals surface area (Å²) in [5, 5.41) is 5.55. The Labute approximate surface area is 113 Å². The summed E-state index contributed by atoms with van der Waals surface area (Å²) in [7, 11) is 0. The Hall–Kier alpha value is -1.72.